The molecule has 1 aliphatic heterocycles. The SMILES string of the molecule is CC(O)C(NC(=O)C1=CC2OC3(Cc4ccccc4C3)OC2C(OC(=O)c2ccccc2C=COCCO)C1)C(=O)NCCO. The highest BCUT2D eigenvalue weighted by Crippen LogP contribution is 2.45. The Balaban J connectivity index is 1.39. The van der Waals surface area contributed by atoms with Crippen LogP contribution < -0.4 is 10.6 Å². The topological polar surface area (TPSA) is 173 Å². The minimum absolute atomic E-state index is 0.0342. The number of aliphatic hydroxyl groups is 3. The Bertz CT molecular complexity index is 1430. The summed E-state index contributed by atoms with van der Waals surface area (Å²) >= 11 is 0. The van der Waals surface area contributed by atoms with Crippen molar-refractivity contribution in [2.45, 2.75) is 62.4 Å². The van der Waals surface area contributed by atoms with Crippen molar-refractivity contribution >= 4 is 23.9 Å². The van der Waals surface area contributed by atoms with Crippen LogP contribution in [-0.4, -0.2) is 95.7 Å². The molecule has 12 heteroatoms. The fourth-order valence-electron chi connectivity index (χ4n) is 5.86. The summed E-state index contributed by atoms with van der Waals surface area (Å²) in [5.74, 6) is -2.93. The van der Waals surface area contributed by atoms with Crippen molar-refractivity contribution in [3.05, 3.63) is 88.7 Å². The van der Waals surface area contributed by atoms with Crippen LogP contribution >= 0.6 is 0 Å². The van der Waals surface area contributed by atoms with Crippen molar-refractivity contribution in [3.63, 3.8) is 0 Å². The summed E-state index contributed by atoms with van der Waals surface area (Å²) in [5.41, 5.74) is 3.17. The monoisotopic (exact) mass is 622 g/mol. The number of nitrogens with one attached hydrogen (secondary N) is 2. The van der Waals surface area contributed by atoms with E-state index < -0.39 is 54.0 Å². The largest absolute Gasteiger partial charge is 0.499 e. The Morgan fingerprint density at radius 1 is 1.04 bits per heavy atom. The third-order valence-electron chi connectivity index (χ3n) is 7.96. The van der Waals surface area contributed by atoms with Gasteiger partial charge in [-0.3, -0.25) is 9.59 Å². The maximum Gasteiger partial charge on any atom is 0.339 e. The molecule has 0 aromatic heterocycles. The summed E-state index contributed by atoms with van der Waals surface area (Å²) in [4.78, 5) is 39.7. The predicted molar refractivity (Wildman–Crippen MR) is 160 cm³/mol. The second-order valence-corrected chi connectivity index (χ2v) is 11.2. The van der Waals surface area contributed by atoms with Crippen molar-refractivity contribution in [1.82, 2.24) is 10.6 Å². The molecule has 1 fully saturated rings. The van der Waals surface area contributed by atoms with Crippen LogP contribution in [0.15, 0.2) is 66.4 Å². The van der Waals surface area contributed by atoms with Gasteiger partial charge in [-0.2, -0.15) is 0 Å². The fourth-order valence-corrected chi connectivity index (χ4v) is 5.86. The summed E-state index contributed by atoms with van der Waals surface area (Å²) in [6.07, 6.45) is 1.95. The van der Waals surface area contributed by atoms with E-state index in [9.17, 15) is 19.5 Å². The maximum atomic E-state index is 13.6. The number of amides is 2. The molecule has 240 valence electrons. The zero-order valence-corrected chi connectivity index (χ0v) is 24.9. The lowest BCUT2D eigenvalue weighted by Gasteiger charge is -2.31. The summed E-state index contributed by atoms with van der Waals surface area (Å²) in [6, 6.07) is 13.4. The van der Waals surface area contributed by atoms with Crippen LogP contribution in [0.25, 0.3) is 6.08 Å². The Labute approximate surface area is 260 Å². The van der Waals surface area contributed by atoms with Gasteiger partial charge in [0.15, 0.2) is 5.79 Å². The van der Waals surface area contributed by atoms with E-state index in [1.165, 1.54) is 13.2 Å². The van der Waals surface area contributed by atoms with Crippen LogP contribution in [0, 0.1) is 0 Å². The van der Waals surface area contributed by atoms with E-state index in [0.29, 0.717) is 18.4 Å². The summed E-state index contributed by atoms with van der Waals surface area (Å²) in [5, 5.41) is 33.3. The predicted octanol–water partition coefficient (Wildman–Crippen LogP) is 0.775. The second-order valence-electron chi connectivity index (χ2n) is 11.2. The van der Waals surface area contributed by atoms with Gasteiger partial charge in [0.1, 0.15) is 31.0 Å². The first-order chi connectivity index (χ1) is 21.7. The zero-order valence-electron chi connectivity index (χ0n) is 24.9. The smallest absolute Gasteiger partial charge is 0.339 e. The molecular formula is C33H38N2O10. The molecule has 2 aromatic carbocycles. The third-order valence-corrected chi connectivity index (χ3v) is 7.96. The highest BCUT2D eigenvalue weighted by molar-refractivity contribution is 5.98. The number of rotatable bonds is 12. The van der Waals surface area contributed by atoms with Crippen LogP contribution in [0.1, 0.15) is 40.4 Å². The van der Waals surface area contributed by atoms with E-state index in [1.807, 2.05) is 24.3 Å². The van der Waals surface area contributed by atoms with E-state index in [4.69, 9.17) is 29.2 Å². The molecule has 1 spiro atoms. The Morgan fingerprint density at radius 3 is 2.44 bits per heavy atom. The lowest BCUT2D eigenvalue weighted by atomic mass is 9.91. The summed E-state index contributed by atoms with van der Waals surface area (Å²) < 4.78 is 24.3. The third kappa shape index (κ3) is 7.43. The fraction of sp³-hybridized carbons (Fsp3) is 0.424. The molecule has 2 aliphatic carbocycles. The molecule has 12 nitrogen and oxygen atoms in total. The molecule has 1 saturated heterocycles. The van der Waals surface area contributed by atoms with E-state index in [-0.39, 0.29) is 43.9 Å². The maximum absolute atomic E-state index is 13.6. The molecule has 5 unspecified atom stereocenters. The molecule has 5 N–H and O–H groups in total. The van der Waals surface area contributed by atoms with Crippen molar-refractivity contribution in [2.75, 3.05) is 26.4 Å². The second kappa shape index (κ2) is 14.4. The highest BCUT2D eigenvalue weighted by atomic mass is 16.8. The summed E-state index contributed by atoms with van der Waals surface area (Å²) in [7, 11) is 0. The average Bonchev–Trinajstić information content (AvgIpc) is 3.58. The molecule has 0 saturated carbocycles. The number of hydrogen-bond acceptors (Lipinski definition) is 10. The van der Waals surface area contributed by atoms with Gasteiger partial charge < -0.3 is 44.9 Å². The van der Waals surface area contributed by atoms with Gasteiger partial charge in [0.25, 0.3) is 0 Å². The molecule has 0 bridgehead atoms. The lowest BCUT2D eigenvalue weighted by Crippen LogP contribution is -2.54. The molecule has 2 amide bonds. The number of aliphatic hydroxyl groups excluding tert-OH is 3. The first kappa shape index (κ1) is 32.3. The first-order valence-electron chi connectivity index (χ1n) is 14.9. The highest BCUT2D eigenvalue weighted by Gasteiger charge is 2.55. The number of fused-ring (bicyclic) bond motifs is 2. The van der Waals surface area contributed by atoms with Crippen molar-refractivity contribution in [2.24, 2.45) is 0 Å². The Hall–Kier alpha value is -4.07. The van der Waals surface area contributed by atoms with Crippen molar-refractivity contribution < 1.29 is 48.7 Å². The van der Waals surface area contributed by atoms with Gasteiger partial charge >= 0.3 is 5.97 Å². The average molecular weight is 623 g/mol. The van der Waals surface area contributed by atoms with Crippen LogP contribution in [0.5, 0.6) is 0 Å². The Kier molecular flexibility index (Phi) is 10.3. The van der Waals surface area contributed by atoms with Gasteiger partial charge in [0.05, 0.1) is 31.1 Å². The molecule has 45 heavy (non-hydrogen) atoms. The van der Waals surface area contributed by atoms with E-state index >= 15 is 0 Å². The van der Waals surface area contributed by atoms with Gasteiger partial charge in [-0.25, -0.2) is 4.79 Å². The van der Waals surface area contributed by atoms with Crippen LogP contribution in [-0.2, 0) is 41.4 Å². The molecule has 0 radical (unpaired) electrons. The first-order valence-corrected chi connectivity index (χ1v) is 14.9. The van der Waals surface area contributed by atoms with Crippen molar-refractivity contribution in [3.8, 4) is 0 Å². The van der Waals surface area contributed by atoms with Gasteiger partial charge in [-0.15, -0.1) is 0 Å². The molecule has 1 heterocycles. The minimum Gasteiger partial charge on any atom is -0.499 e. The normalized spacial score (nSPS) is 22.7. The number of esters is 1. The number of carbonyl (C=O) groups is 3. The summed E-state index contributed by atoms with van der Waals surface area (Å²) in [6.45, 7) is 0.984. The molecule has 5 atom stereocenters. The van der Waals surface area contributed by atoms with E-state index in [1.54, 1.807) is 36.4 Å². The number of hydrogen-bond donors (Lipinski definition) is 5. The van der Waals surface area contributed by atoms with Crippen LogP contribution in [0.3, 0.4) is 0 Å². The standard InChI is InChI=1S/C33H38N2O10/c1-20(38)28(31(40)34-11-12-36)35-30(39)24-16-26(43-32(41)25-9-5-4-6-21(25)10-14-42-15-13-37)29-27(17-24)44-33(45-29)18-22-7-2-3-8-23(22)19-33/h2-10,14,17,20,26-29,36-38H,11-13,15-16,18-19H2,1H3,(H,34,40)(H,35,39). The van der Waals surface area contributed by atoms with Gasteiger partial charge in [-0.05, 0) is 41.8 Å². The zero-order chi connectivity index (χ0) is 32.0. The van der Waals surface area contributed by atoms with Crippen LogP contribution in [0.2, 0.25) is 0 Å². The van der Waals surface area contributed by atoms with Gasteiger partial charge in [-0.1, -0.05) is 42.5 Å². The molecular weight excluding hydrogens is 584 g/mol. The van der Waals surface area contributed by atoms with E-state index in [2.05, 4.69) is 10.6 Å². The quantitative estimate of drug-likeness (QED) is 0.129. The minimum atomic E-state index is -1.29. The lowest BCUT2D eigenvalue weighted by molar-refractivity contribution is -0.172. The number of carbonyl (C=O) groups excluding carboxylic acids is 3. The molecule has 2 aromatic rings. The van der Waals surface area contributed by atoms with Crippen LogP contribution in [0.4, 0.5) is 0 Å². The number of ether oxygens (including phenoxy) is 4. The van der Waals surface area contributed by atoms with Crippen molar-refractivity contribution in [1.29, 1.82) is 0 Å². The van der Waals surface area contributed by atoms with Gasteiger partial charge in [0, 0.05) is 31.4 Å². The molecule has 5 rings (SSSR count). The van der Waals surface area contributed by atoms with E-state index in [0.717, 1.165) is 11.1 Å². The van der Waals surface area contributed by atoms with Gasteiger partial charge in [0.2, 0.25) is 11.8 Å². The number of benzene rings is 2. The Morgan fingerprint density at radius 2 is 1.76 bits per heavy atom. The molecule has 3 aliphatic rings.